The van der Waals surface area contributed by atoms with Crippen LogP contribution in [0.1, 0.15) is 0 Å². The number of tetrazole rings is 1. The first-order valence-corrected chi connectivity index (χ1v) is 8.03. The van der Waals surface area contributed by atoms with Crippen molar-refractivity contribution in [3.8, 4) is 28.3 Å². The zero-order valence-electron chi connectivity index (χ0n) is 14.0. The average molecular weight is 346 g/mol. The quantitative estimate of drug-likeness (QED) is 0.612. The van der Waals surface area contributed by atoms with Crippen LogP contribution in [-0.4, -0.2) is 32.2 Å². The van der Waals surface area contributed by atoms with E-state index < -0.39 is 0 Å². The molecule has 0 aliphatic heterocycles. The monoisotopic (exact) mass is 346 g/mol. The van der Waals surface area contributed by atoms with Gasteiger partial charge in [0, 0.05) is 25.0 Å². The lowest BCUT2D eigenvalue weighted by atomic mass is 10.0. The van der Waals surface area contributed by atoms with Crippen LogP contribution in [-0.2, 0) is 0 Å². The summed E-state index contributed by atoms with van der Waals surface area (Å²) in [5.74, 6) is 0.0117. The van der Waals surface area contributed by atoms with Crippen molar-refractivity contribution in [3.05, 3.63) is 72.7 Å². The smallest absolute Gasteiger partial charge is 0.223 e. The summed E-state index contributed by atoms with van der Waals surface area (Å²) >= 11 is 0. The largest absolute Gasteiger partial charge is 0.388 e. The molecule has 26 heavy (non-hydrogen) atoms. The van der Waals surface area contributed by atoms with Crippen LogP contribution in [0.15, 0.2) is 66.9 Å². The Bertz CT molecular complexity index is 1040. The molecule has 0 saturated carbocycles. The van der Waals surface area contributed by atoms with Gasteiger partial charge in [-0.2, -0.15) is 0 Å². The van der Waals surface area contributed by atoms with E-state index in [1.807, 2.05) is 49.5 Å². The van der Waals surface area contributed by atoms with Crippen LogP contribution in [0.3, 0.4) is 0 Å². The van der Waals surface area contributed by atoms with Gasteiger partial charge in [-0.25, -0.2) is 4.39 Å². The van der Waals surface area contributed by atoms with E-state index >= 15 is 0 Å². The molecule has 2 aromatic heterocycles. The molecule has 0 amide bonds. The summed E-state index contributed by atoms with van der Waals surface area (Å²) in [4.78, 5) is 5.50. The molecule has 0 bridgehead atoms. The van der Waals surface area contributed by atoms with E-state index in [9.17, 15) is 4.39 Å². The number of hydrogen-bond donors (Lipinski definition) is 1. The molecule has 0 unspecified atom stereocenters. The van der Waals surface area contributed by atoms with Crippen molar-refractivity contribution in [3.63, 3.8) is 0 Å². The average Bonchev–Trinajstić information content (AvgIpc) is 3.18. The fourth-order valence-corrected chi connectivity index (χ4v) is 2.63. The first-order chi connectivity index (χ1) is 12.7. The highest BCUT2D eigenvalue weighted by Gasteiger charge is 2.11. The van der Waals surface area contributed by atoms with Crippen LogP contribution in [0.25, 0.3) is 28.3 Å². The number of benzene rings is 2. The Hall–Kier alpha value is -3.61. The Kier molecular flexibility index (Phi) is 4.10. The van der Waals surface area contributed by atoms with E-state index in [-0.39, 0.29) is 5.82 Å². The van der Waals surface area contributed by atoms with Crippen LogP contribution in [0.5, 0.6) is 0 Å². The lowest BCUT2D eigenvalue weighted by molar-refractivity contribution is 0.621. The number of rotatable bonds is 4. The molecule has 4 rings (SSSR count). The van der Waals surface area contributed by atoms with Crippen molar-refractivity contribution in [2.45, 2.75) is 0 Å². The second kappa shape index (κ2) is 6.72. The minimum Gasteiger partial charge on any atom is -0.388 e. The second-order valence-corrected chi connectivity index (χ2v) is 5.65. The van der Waals surface area contributed by atoms with E-state index in [1.54, 1.807) is 12.3 Å². The van der Waals surface area contributed by atoms with Gasteiger partial charge in [-0.1, -0.05) is 18.2 Å². The molecular formula is C19H15FN6. The molecule has 128 valence electrons. The topological polar surface area (TPSA) is 68.5 Å². The molecule has 1 N–H and O–H groups in total. The third kappa shape index (κ3) is 3.14. The van der Waals surface area contributed by atoms with Crippen LogP contribution in [0.2, 0.25) is 0 Å². The first-order valence-electron chi connectivity index (χ1n) is 8.03. The van der Waals surface area contributed by atoms with Crippen LogP contribution < -0.4 is 5.32 Å². The molecule has 2 aromatic carbocycles. The third-order valence-corrected chi connectivity index (χ3v) is 3.91. The van der Waals surface area contributed by atoms with Crippen molar-refractivity contribution in [1.29, 1.82) is 0 Å². The molecule has 6 nitrogen and oxygen atoms in total. The Morgan fingerprint density at radius 1 is 0.962 bits per heavy atom. The molecule has 2 heterocycles. The van der Waals surface area contributed by atoms with E-state index in [4.69, 9.17) is 0 Å². The maximum Gasteiger partial charge on any atom is 0.223 e. The van der Waals surface area contributed by atoms with Crippen molar-refractivity contribution in [2.24, 2.45) is 0 Å². The van der Waals surface area contributed by atoms with E-state index in [0.717, 1.165) is 16.8 Å². The SMILES string of the molecule is CNc1cccc(-c2cc(F)cc(-n3nnc(-c4ccccn4)n3)c2)c1. The number of nitrogens with zero attached hydrogens (tertiary/aromatic N) is 5. The lowest BCUT2D eigenvalue weighted by Crippen LogP contribution is -2.00. The molecule has 0 aliphatic carbocycles. The van der Waals surface area contributed by atoms with Crippen LogP contribution >= 0.6 is 0 Å². The molecule has 7 heteroatoms. The Balaban J connectivity index is 1.74. The van der Waals surface area contributed by atoms with Gasteiger partial charge >= 0.3 is 0 Å². The Morgan fingerprint density at radius 2 is 1.88 bits per heavy atom. The highest BCUT2D eigenvalue weighted by atomic mass is 19.1. The zero-order valence-corrected chi connectivity index (χ0v) is 14.0. The van der Waals surface area contributed by atoms with Crippen molar-refractivity contribution in [2.75, 3.05) is 12.4 Å². The van der Waals surface area contributed by atoms with Gasteiger partial charge in [-0.05, 0) is 52.7 Å². The minimum absolute atomic E-state index is 0.371. The van der Waals surface area contributed by atoms with Crippen LogP contribution in [0, 0.1) is 5.82 Å². The first kappa shape index (κ1) is 15.9. The van der Waals surface area contributed by atoms with Gasteiger partial charge in [-0.3, -0.25) is 4.98 Å². The molecule has 0 saturated heterocycles. The number of hydrogen-bond acceptors (Lipinski definition) is 5. The molecule has 0 radical (unpaired) electrons. The molecule has 0 fully saturated rings. The second-order valence-electron chi connectivity index (χ2n) is 5.65. The number of nitrogens with one attached hydrogen (secondary N) is 1. The summed E-state index contributed by atoms with van der Waals surface area (Å²) in [6.07, 6.45) is 1.66. The van der Waals surface area contributed by atoms with Crippen molar-refractivity contribution < 1.29 is 4.39 Å². The van der Waals surface area contributed by atoms with Crippen molar-refractivity contribution in [1.82, 2.24) is 25.2 Å². The zero-order chi connectivity index (χ0) is 17.9. The maximum absolute atomic E-state index is 14.2. The standard InChI is InChI=1S/C19H15FN6/c1-21-16-6-4-5-13(10-16)14-9-15(20)12-17(11-14)26-24-19(23-25-26)18-7-2-3-8-22-18/h2-12,21H,1H3. The van der Waals surface area contributed by atoms with E-state index in [0.29, 0.717) is 17.2 Å². The minimum atomic E-state index is -0.371. The highest BCUT2D eigenvalue weighted by molar-refractivity contribution is 5.70. The summed E-state index contributed by atoms with van der Waals surface area (Å²) < 4.78 is 14.2. The fourth-order valence-electron chi connectivity index (χ4n) is 2.63. The number of anilines is 1. The molecule has 0 aliphatic rings. The Morgan fingerprint density at radius 3 is 2.69 bits per heavy atom. The van der Waals surface area contributed by atoms with Gasteiger partial charge < -0.3 is 5.32 Å². The predicted molar refractivity (Wildman–Crippen MR) is 97.3 cm³/mol. The molecule has 0 spiro atoms. The van der Waals surface area contributed by atoms with Gasteiger partial charge in [0.2, 0.25) is 5.82 Å². The van der Waals surface area contributed by atoms with Gasteiger partial charge in [-0.15, -0.1) is 15.0 Å². The van der Waals surface area contributed by atoms with Gasteiger partial charge in [0.1, 0.15) is 11.5 Å². The summed E-state index contributed by atoms with van der Waals surface area (Å²) in [5.41, 5.74) is 3.67. The maximum atomic E-state index is 14.2. The summed E-state index contributed by atoms with van der Waals surface area (Å²) in [7, 11) is 1.84. The molecular weight excluding hydrogens is 331 g/mol. The third-order valence-electron chi connectivity index (χ3n) is 3.91. The highest BCUT2D eigenvalue weighted by Crippen LogP contribution is 2.26. The Labute approximate surface area is 149 Å². The van der Waals surface area contributed by atoms with Gasteiger partial charge in [0.25, 0.3) is 0 Å². The number of pyridine rings is 1. The van der Waals surface area contributed by atoms with Crippen LogP contribution in [0.4, 0.5) is 10.1 Å². The molecule has 4 aromatic rings. The number of halogens is 1. The van der Waals surface area contributed by atoms with Gasteiger partial charge in [0.05, 0.1) is 5.69 Å². The summed E-state index contributed by atoms with van der Waals surface area (Å²) in [6, 6.07) is 17.9. The predicted octanol–water partition coefficient (Wildman–Crippen LogP) is 3.57. The number of aromatic nitrogens is 5. The summed E-state index contributed by atoms with van der Waals surface area (Å²) in [6.45, 7) is 0. The van der Waals surface area contributed by atoms with Gasteiger partial charge in [0.15, 0.2) is 0 Å². The van der Waals surface area contributed by atoms with E-state index in [1.165, 1.54) is 16.9 Å². The lowest BCUT2D eigenvalue weighted by Gasteiger charge is -2.07. The normalized spacial score (nSPS) is 10.7. The fraction of sp³-hybridized carbons (Fsp3) is 0.0526. The molecule has 0 atom stereocenters. The van der Waals surface area contributed by atoms with E-state index in [2.05, 4.69) is 25.7 Å². The summed E-state index contributed by atoms with van der Waals surface area (Å²) in [5, 5.41) is 15.4. The van der Waals surface area contributed by atoms with Crippen molar-refractivity contribution >= 4 is 5.69 Å².